The lowest BCUT2D eigenvalue weighted by Gasteiger charge is -2.48. The summed E-state index contributed by atoms with van der Waals surface area (Å²) < 4.78 is 67.4. The molecule has 3 aliphatic rings. The molecule has 31 heavy (non-hydrogen) atoms. The average Bonchev–Trinajstić information content (AvgIpc) is 3.13. The normalized spacial score (nSPS) is 27.5. The maximum Gasteiger partial charge on any atom is 0.458 e. The lowest BCUT2D eigenvalue weighted by Crippen LogP contribution is -2.51. The molecular weight excluding hydrogens is 417 g/mol. The summed E-state index contributed by atoms with van der Waals surface area (Å²) in [5.41, 5.74) is -0.796. The summed E-state index contributed by atoms with van der Waals surface area (Å²) in [6.45, 7) is 5.69. The molecule has 1 N–H and O–H groups in total. The van der Waals surface area contributed by atoms with Crippen LogP contribution in [0.2, 0.25) is 0 Å². The van der Waals surface area contributed by atoms with E-state index in [9.17, 15) is 26.7 Å². The Morgan fingerprint density at radius 2 is 1.87 bits per heavy atom. The highest BCUT2D eigenvalue weighted by molar-refractivity contribution is 6.01. The maximum atomic E-state index is 14.2. The Hall–Kier alpha value is -2.58. The number of fused-ring (bicyclic) bond motifs is 1. The summed E-state index contributed by atoms with van der Waals surface area (Å²) in [6.07, 6.45) is -3.77. The Bertz CT molecular complexity index is 1040. The molecule has 2 aliphatic heterocycles. The summed E-state index contributed by atoms with van der Waals surface area (Å²) in [4.78, 5) is 13.3. The second-order valence-electron chi connectivity index (χ2n) is 9.07. The van der Waals surface area contributed by atoms with Crippen molar-refractivity contribution >= 4 is 5.78 Å². The van der Waals surface area contributed by atoms with E-state index >= 15 is 0 Å². The summed E-state index contributed by atoms with van der Waals surface area (Å²) in [5, 5.41) is 11.3. The molecule has 0 fully saturated rings. The van der Waals surface area contributed by atoms with Gasteiger partial charge in [0.15, 0.2) is 11.9 Å². The van der Waals surface area contributed by atoms with Crippen LogP contribution >= 0.6 is 0 Å². The Balaban J connectivity index is 1.96. The Morgan fingerprint density at radius 1 is 1.16 bits per heavy atom. The van der Waals surface area contributed by atoms with Crippen molar-refractivity contribution in [3.8, 4) is 0 Å². The minimum absolute atomic E-state index is 0.153. The van der Waals surface area contributed by atoms with E-state index in [2.05, 4.69) is 15.5 Å². The number of carbonyl (C=O) groups is 1. The molecule has 4 rings (SSSR count). The van der Waals surface area contributed by atoms with E-state index in [-0.39, 0.29) is 29.6 Å². The number of alkyl halides is 5. The van der Waals surface area contributed by atoms with E-state index in [4.69, 9.17) is 0 Å². The van der Waals surface area contributed by atoms with E-state index in [0.717, 1.165) is 12.1 Å². The molecule has 166 valence electrons. The number of azo groups is 1. The molecule has 0 bridgehead atoms. The van der Waals surface area contributed by atoms with E-state index in [1.165, 1.54) is 18.3 Å². The highest BCUT2D eigenvalue weighted by atomic mass is 19.4. The fourth-order valence-corrected chi connectivity index (χ4v) is 5.03. The number of benzene rings is 1. The van der Waals surface area contributed by atoms with Crippen LogP contribution < -0.4 is 5.32 Å². The van der Waals surface area contributed by atoms with Crippen LogP contribution in [-0.4, -0.2) is 18.1 Å². The fraction of sp³-hybridized carbons (Fsp3) is 0.500. The average molecular weight is 439 g/mol. The summed E-state index contributed by atoms with van der Waals surface area (Å²) in [7, 11) is 0. The number of hydrogen-bond acceptors (Lipinski definition) is 4. The zero-order valence-corrected chi connectivity index (χ0v) is 17.3. The van der Waals surface area contributed by atoms with E-state index in [1.54, 1.807) is 6.92 Å². The first-order valence-corrected chi connectivity index (χ1v) is 10.0. The first kappa shape index (κ1) is 21.6. The van der Waals surface area contributed by atoms with Crippen molar-refractivity contribution in [1.82, 2.24) is 5.32 Å². The van der Waals surface area contributed by atoms with Crippen LogP contribution in [0, 0.1) is 5.41 Å². The van der Waals surface area contributed by atoms with Crippen LogP contribution in [-0.2, 0) is 16.1 Å². The van der Waals surface area contributed by atoms with Crippen molar-refractivity contribution in [3.05, 3.63) is 58.4 Å². The van der Waals surface area contributed by atoms with E-state index < -0.39 is 29.2 Å². The van der Waals surface area contributed by atoms with Crippen molar-refractivity contribution in [2.75, 3.05) is 0 Å². The Kier molecular flexibility index (Phi) is 4.68. The molecule has 1 aromatic rings. The van der Waals surface area contributed by atoms with Gasteiger partial charge in [-0.05, 0) is 29.9 Å². The standard InChI is InChI=1S/C22H22F5N3O/c1-4-20(12-6-5-7-13(8-12)21(23,24)22(25,26)27)14-11-28-30-18(14)29-15-9-19(2,3)10-16(31)17(15)20/h5-8,11,18,29H,4,9-10H2,1-3H3. The smallest absolute Gasteiger partial charge is 0.362 e. The zero-order chi connectivity index (χ0) is 22.8. The maximum absolute atomic E-state index is 14.2. The van der Waals surface area contributed by atoms with Gasteiger partial charge in [0.05, 0.1) is 11.6 Å². The summed E-state index contributed by atoms with van der Waals surface area (Å²) >= 11 is 0. The van der Waals surface area contributed by atoms with Gasteiger partial charge in [0, 0.05) is 28.8 Å². The molecule has 0 aromatic heterocycles. The number of carbonyl (C=O) groups excluding carboxylic acids is 1. The molecule has 2 atom stereocenters. The van der Waals surface area contributed by atoms with Gasteiger partial charge < -0.3 is 5.32 Å². The van der Waals surface area contributed by atoms with E-state index in [0.29, 0.717) is 23.3 Å². The van der Waals surface area contributed by atoms with E-state index in [1.807, 2.05) is 13.8 Å². The number of rotatable bonds is 3. The van der Waals surface area contributed by atoms with Gasteiger partial charge in [0.2, 0.25) is 0 Å². The van der Waals surface area contributed by atoms with Crippen LogP contribution in [0.1, 0.15) is 51.2 Å². The molecule has 0 radical (unpaired) electrons. The summed E-state index contributed by atoms with van der Waals surface area (Å²) in [5.74, 6) is -5.17. The summed E-state index contributed by atoms with van der Waals surface area (Å²) in [6, 6.07) is 4.31. The number of halogens is 5. The third-order valence-electron chi connectivity index (χ3n) is 6.38. The molecule has 1 aliphatic carbocycles. The lowest BCUT2D eigenvalue weighted by molar-refractivity contribution is -0.289. The minimum Gasteiger partial charge on any atom is -0.362 e. The zero-order valence-electron chi connectivity index (χ0n) is 17.3. The molecule has 4 nitrogen and oxygen atoms in total. The number of Topliss-reactive ketones (excluding diaryl/α,β-unsaturated/α-hetero) is 1. The lowest BCUT2D eigenvalue weighted by atomic mass is 9.58. The largest absolute Gasteiger partial charge is 0.458 e. The first-order valence-electron chi connectivity index (χ1n) is 10.0. The third kappa shape index (κ3) is 3.11. The van der Waals surface area contributed by atoms with Gasteiger partial charge >= 0.3 is 12.1 Å². The third-order valence-corrected chi connectivity index (χ3v) is 6.38. The van der Waals surface area contributed by atoms with Gasteiger partial charge in [0.25, 0.3) is 0 Å². The van der Waals surface area contributed by atoms with Crippen LogP contribution in [0.4, 0.5) is 22.0 Å². The predicted octanol–water partition coefficient (Wildman–Crippen LogP) is 5.91. The number of nitrogens with zero attached hydrogens (tertiary/aromatic N) is 2. The first-order chi connectivity index (χ1) is 14.3. The number of hydrogen-bond donors (Lipinski definition) is 1. The van der Waals surface area contributed by atoms with Gasteiger partial charge in [0.1, 0.15) is 0 Å². The number of nitrogens with one attached hydrogen (secondary N) is 1. The quantitative estimate of drug-likeness (QED) is 0.596. The molecule has 0 amide bonds. The van der Waals surface area contributed by atoms with Crippen LogP contribution in [0.15, 0.2) is 57.5 Å². The highest BCUT2D eigenvalue weighted by Gasteiger charge is 2.59. The second kappa shape index (κ2) is 6.71. The van der Waals surface area contributed by atoms with Gasteiger partial charge in [-0.3, -0.25) is 4.79 Å². The SMILES string of the molecule is CCC1(c2cccc(C(F)(F)C(F)(F)F)c2)C2=CN=NC2NC2=C1C(=O)CC(C)(C)C2. The molecule has 0 spiro atoms. The second-order valence-corrected chi connectivity index (χ2v) is 9.07. The molecule has 0 saturated heterocycles. The molecule has 1 aromatic carbocycles. The minimum atomic E-state index is -5.73. The molecule has 2 heterocycles. The van der Waals surface area contributed by atoms with Crippen molar-refractivity contribution < 1.29 is 26.7 Å². The highest BCUT2D eigenvalue weighted by Crippen LogP contribution is 2.54. The topological polar surface area (TPSA) is 53.8 Å². The Morgan fingerprint density at radius 3 is 2.52 bits per heavy atom. The monoisotopic (exact) mass is 439 g/mol. The molecular formula is C22H22F5N3O. The van der Waals surface area contributed by atoms with Crippen molar-refractivity contribution in [1.29, 1.82) is 0 Å². The van der Waals surface area contributed by atoms with Crippen LogP contribution in [0.3, 0.4) is 0 Å². The van der Waals surface area contributed by atoms with Gasteiger partial charge in [-0.1, -0.05) is 39.0 Å². The van der Waals surface area contributed by atoms with Gasteiger partial charge in [-0.25, -0.2) is 0 Å². The van der Waals surface area contributed by atoms with Crippen LogP contribution in [0.5, 0.6) is 0 Å². The van der Waals surface area contributed by atoms with Crippen molar-refractivity contribution in [3.63, 3.8) is 0 Å². The Labute approximate surface area is 176 Å². The van der Waals surface area contributed by atoms with Crippen molar-refractivity contribution in [2.45, 2.75) is 63.7 Å². The number of ketones is 1. The van der Waals surface area contributed by atoms with Gasteiger partial charge in [-0.2, -0.15) is 32.2 Å². The predicted molar refractivity (Wildman–Crippen MR) is 103 cm³/mol. The molecule has 2 unspecified atom stereocenters. The number of allylic oxidation sites excluding steroid dienone is 2. The van der Waals surface area contributed by atoms with Crippen molar-refractivity contribution in [2.24, 2.45) is 15.6 Å². The fourth-order valence-electron chi connectivity index (χ4n) is 5.03. The van der Waals surface area contributed by atoms with Gasteiger partial charge in [-0.15, -0.1) is 0 Å². The molecule has 9 heteroatoms. The van der Waals surface area contributed by atoms with Crippen LogP contribution in [0.25, 0.3) is 0 Å². The molecule has 0 saturated carbocycles.